The molecule has 2 aromatic rings. The minimum absolute atomic E-state index is 0.0160. The molecule has 1 fully saturated rings. The van der Waals surface area contributed by atoms with E-state index in [0.717, 1.165) is 17.8 Å². The van der Waals surface area contributed by atoms with E-state index in [1.165, 1.54) is 17.4 Å². The molecule has 3 rings (SSSR count). The normalized spacial score (nSPS) is 14.2. The van der Waals surface area contributed by atoms with Crippen LogP contribution in [0.3, 0.4) is 0 Å². The van der Waals surface area contributed by atoms with E-state index in [1.54, 1.807) is 19.2 Å². The number of carbonyl (C=O) groups is 1. The molecule has 0 saturated heterocycles. The summed E-state index contributed by atoms with van der Waals surface area (Å²) in [6.07, 6.45) is 3.75. The van der Waals surface area contributed by atoms with Crippen molar-refractivity contribution in [2.75, 3.05) is 12.4 Å². The molecule has 1 aliphatic rings. The number of amides is 1. The monoisotopic (exact) mass is 326 g/mol. The predicted molar refractivity (Wildman–Crippen MR) is 87.1 cm³/mol. The Bertz CT molecular complexity index is 802. The molecule has 1 amide bonds. The van der Waals surface area contributed by atoms with Gasteiger partial charge in [0.25, 0.3) is 5.91 Å². The maximum atomic E-state index is 12.2. The fourth-order valence-corrected chi connectivity index (χ4v) is 2.94. The van der Waals surface area contributed by atoms with Gasteiger partial charge in [0, 0.05) is 11.5 Å². The van der Waals surface area contributed by atoms with E-state index >= 15 is 0 Å². The summed E-state index contributed by atoms with van der Waals surface area (Å²) in [5.41, 5.74) is 0.648. The van der Waals surface area contributed by atoms with Crippen LogP contribution in [-0.2, 0) is 4.79 Å². The number of nitrogens with zero attached hydrogens (tertiary/aromatic N) is 3. The molecule has 0 unspecified atom stereocenters. The Kier molecular flexibility index (Phi) is 4.35. The number of rotatable bonds is 5. The molecule has 23 heavy (non-hydrogen) atoms. The zero-order valence-corrected chi connectivity index (χ0v) is 13.3. The molecule has 6 nitrogen and oxygen atoms in total. The number of nitriles is 1. The lowest BCUT2D eigenvalue weighted by Crippen LogP contribution is -2.13. The van der Waals surface area contributed by atoms with E-state index in [0.29, 0.717) is 22.4 Å². The Hall–Kier alpha value is -2.72. The van der Waals surface area contributed by atoms with Gasteiger partial charge in [-0.15, -0.1) is 10.2 Å². The topological polar surface area (TPSA) is 87.9 Å². The van der Waals surface area contributed by atoms with Crippen LogP contribution in [0.4, 0.5) is 5.13 Å². The largest absolute Gasteiger partial charge is 0.496 e. The number of benzene rings is 1. The first-order valence-corrected chi connectivity index (χ1v) is 7.92. The molecular weight excluding hydrogens is 312 g/mol. The van der Waals surface area contributed by atoms with Gasteiger partial charge in [0.05, 0.1) is 7.11 Å². The van der Waals surface area contributed by atoms with E-state index in [1.807, 2.05) is 18.2 Å². The van der Waals surface area contributed by atoms with Crippen molar-refractivity contribution in [3.05, 3.63) is 40.4 Å². The van der Waals surface area contributed by atoms with Crippen molar-refractivity contribution < 1.29 is 9.53 Å². The number of nitrogens with one attached hydrogen (secondary N) is 1. The first-order chi connectivity index (χ1) is 11.2. The molecule has 1 aromatic carbocycles. The van der Waals surface area contributed by atoms with Crippen molar-refractivity contribution in [1.29, 1.82) is 5.26 Å². The Labute approximate surface area is 137 Å². The molecule has 7 heteroatoms. The number of ether oxygens (including phenoxy) is 1. The summed E-state index contributed by atoms with van der Waals surface area (Å²) in [7, 11) is 1.54. The lowest BCUT2D eigenvalue weighted by Gasteiger charge is -2.04. The third kappa shape index (κ3) is 3.55. The van der Waals surface area contributed by atoms with Gasteiger partial charge in [-0.3, -0.25) is 10.1 Å². The van der Waals surface area contributed by atoms with Crippen LogP contribution < -0.4 is 10.1 Å². The van der Waals surface area contributed by atoms with E-state index < -0.39 is 5.91 Å². The molecule has 1 aromatic heterocycles. The SMILES string of the molecule is COc1ccccc1/C=C(\C#N)C(=O)Nc1nnc(C2CC2)s1. The van der Waals surface area contributed by atoms with Gasteiger partial charge in [0.15, 0.2) is 0 Å². The van der Waals surface area contributed by atoms with Crippen molar-refractivity contribution in [1.82, 2.24) is 10.2 Å². The number of para-hydroxylation sites is 1. The molecule has 0 bridgehead atoms. The summed E-state index contributed by atoms with van der Waals surface area (Å²) >= 11 is 1.36. The highest BCUT2D eigenvalue weighted by Crippen LogP contribution is 2.42. The smallest absolute Gasteiger partial charge is 0.268 e. The van der Waals surface area contributed by atoms with E-state index in [2.05, 4.69) is 15.5 Å². The predicted octanol–water partition coefficient (Wildman–Crippen LogP) is 2.97. The van der Waals surface area contributed by atoms with Crippen LogP contribution in [0.25, 0.3) is 6.08 Å². The van der Waals surface area contributed by atoms with Crippen LogP contribution in [0.1, 0.15) is 29.3 Å². The fraction of sp³-hybridized carbons (Fsp3) is 0.250. The zero-order chi connectivity index (χ0) is 16.2. The lowest BCUT2D eigenvalue weighted by atomic mass is 10.1. The highest BCUT2D eigenvalue weighted by Gasteiger charge is 2.27. The lowest BCUT2D eigenvalue weighted by molar-refractivity contribution is -0.112. The van der Waals surface area contributed by atoms with Crippen molar-refractivity contribution in [3.8, 4) is 11.8 Å². The summed E-state index contributed by atoms with van der Waals surface area (Å²) < 4.78 is 5.22. The minimum atomic E-state index is -0.503. The van der Waals surface area contributed by atoms with Gasteiger partial charge in [0.1, 0.15) is 22.4 Å². The van der Waals surface area contributed by atoms with Gasteiger partial charge in [-0.2, -0.15) is 5.26 Å². The van der Waals surface area contributed by atoms with Gasteiger partial charge in [-0.1, -0.05) is 29.5 Å². The average Bonchev–Trinajstić information content (AvgIpc) is 3.32. The molecule has 0 aliphatic heterocycles. The quantitative estimate of drug-likeness (QED) is 0.674. The summed E-state index contributed by atoms with van der Waals surface area (Å²) in [6.45, 7) is 0. The first-order valence-electron chi connectivity index (χ1n) is 7.11. The number of hydrogen-bond donors (Lipinski definition) is 1. The molecule has 0 spiro atoms. The maximum Gasteiger partial charge on any atom is 0.268 e. The van der Waals surface area contributed by atoms with E-state index in [9.17, 15) is 10.1 Å². The van der Waals surface area contributed by atoms with Crippen LogP contribution in [0, 0.1) is 11.3 Å². The van der Waals surface area contributed by atoms with Crippen LogP contribution >= 0.6 is 11.3 Å². The fourth-order valence-electron chi connectivity index (χ4n) is 2.03. The summed E-state index contributed by atoms with van der Waals surface area (Å²) in [4.78, 5) is 12.2. The van der Waals surface area contributed by atoms with Gasteiger partial charge in [0.2, 0.25) is 5.13 Å². The molecule has 1 heterocycles. The second-order valence-electron chi connectivity index (χ2n) is 5.09. The van der Waals surface area contributed by atoms with E-state index in [4.69, 9.17) is 4.74 Å². The number of aromatic nitrogens is 2. The average molecular weight is 326 g/mol. The van der Waals surface area contributed by atoms with Crippen LogP contribution in [-0.4, -0.2) is 23.2 Å². The minimum Gasteiger partial charge on any atom is -0.496 e. The third-order valence-electron chi connectivity index (χ3n) is 3.39. The molecule has 0 atom stereocenters. The van der Waals surface area contributed by atoms with Crippen LogP contribution in [0.5, 0.6) is 5.75 Å². The molecule has 1 N–H and O–H groups in total. The standard InChI is InChI=1S/C16H14N4O2S/c1-22-13-5-3-2-4-11(13)8-12(9-17)14(21)18-16-20-19-15(23-16)10-6-7-10/h2-5,8,10H,6-7H2,1H3,(H,18,20,21)/b12-8+. The Morgan fingerprint density at radius 1 is 1.43 bits per heavy atom. The van der Waals surface area contributed by atoms with Crippen molar-refractivity contribution >= 4 is 28.5 Å². The van der Waals surface area contributed by atoms with Gasteiger partial charge in [-0.05, 0) is 25.0 Å². The Morgan fingerprint density at radius 2 is 2.22 bits per heavy atom. The van der Waals surface area contributed by atoms with Gasteiger partial charge in [-0.25, -0.2) is 0 Å². The number of carbonyl (C=O) groups excluding carboxylic acids is 1. The van der Waals surface area contributed by atoms with Crippen LogP contribution in [0.15, 0.2) is 29.8 Å². The molecule has 116 valence electrons. The summed E-state index contributed by atoms with van der Waals surface area (Å²) in [5, 5.41) is 21.2. The van der Waals surface area contributed by atoms with Crippen molar-refractivity contribution in [2.24, 2.45) is 0 Å². The Morgan fingerprint density at radius 3 is 2.91 bits per heavy atom. The molecule has 1 saturated carbocycles. The van der Waals surface area contributed by atoms with Gasteiger partial charge >= 0.3 is 0 Å². The number of anilines is 1. The molecular formula is C16H14N4O2S. The van der Waals surface area contributed by atoms with Crippen molar-refractivity contribution in [2.45, 2.75) is 18.8 Å². The molecule has 0 radical (unpaired) electrons. The second kappa shape index (κ2) is 6.58. The highest BCUT2D eigenvalue weighted by molar-refractivity contribution is 7.15. The van der Waals surface area contributed by atoms with Gasteiger partial charge < -0.3 is 4.74 Å². The second-order valence-corrected chi connectivity index (χ2v) is 6.09. The van der Waals surface area contributed by atoms with E-state index in [-0.39, 0.29) is 5.57 Å². The van der Waals surface area contributed by atoms with Crippen LogP contribution in [0.2, 0.25) is 0 Å². The Balaban J connectivity index is 1.77. The number of methoxy groups -OCH3 is 1. The number of hydrogen-bond acceptors (Lipinski definition) is 6. The summed E-state index contributed by atoms with van der Waals surface area (Å²) in [5.74, 6) is 0.578. The maximum absolute atomic E-state index is 12.2. The third-order valence-corrected chi connectivity index (χ3v) is 4.39. The van der Waals surface area contributed by atoms with Crippen molar-refractivity contribution in [3.63, 3.8) is 0 Å². The highest BCUT2D eigenvalue weighted by atomic mass is 32.1. The zero-order valence-electron chi connectivity index (χ0n) is 12.4. The summed E-state index contributed by atoms with van der Waals surface area (Å²) in [6, 6.07) is 9.10. The molecule has 1 aliphatic carbocycles. The first kappa shape index (κ1) is 15.2.